The molecule has 0 radical (unpaired) electrons. The summed E-state index contributed by atoms with van der Waals surface area (Å²) in [5.74, 6) is 0.625. The predicted molar refractivity (Wildman–Crippen MR) is 117 cm³/mol. The second-order valence-electron chi connectivity index (χ2n) is 9.26. The number of aryl methyl sites for hydroxylation is 1. The van der Waals surface area contributed by atoms with Gasteiger partial charge in [-0.3, -0.25) is 24.1 Å². The molecule has 4 rings (SSSR count). The molecule has 3 fully saturated rings. The first-order valence-corrected chi connectivity index (χ1v) is 11.3. The van der Waals surface area contributed by atoms with Crippen LogP contribution in [0.5, 0.6) is 0 Å². The molecule has 0 aliphatic carbocycles. The zero-order valence-electron chi connectivity index (χ0n) is 18.9. The molecule has 1 unspecified atom stereocenters. The van der Waals surface area contributed by atoms with Gasteiger partial charge in [0.2, 0.25) is 5.56 Å². The minimum Gasteiger partial charge on any atom is -0.483 e. The normalized spacial score (nSPS) is 23.4. The average molecular weight is 448 g/mol. The van der Waals surface area contributed by atoms with Crippen molar-refractivity contribution in [2.75, 3.05) is 32.7 Å². The molecule has 9 heteroatoms. The highest BCUT2D eigenvalue weighted by atomic mass is 16.6. The summed E-state index contributed by atoms with van der Waals surface area (Å²) in [6.45, 7) is 6.15. The maximum atomic E-state index is 12.8. The SMILES string of the molecule is CC1CCN(CC2CC3(CCN(C(=O)c4ccc(=O)n(C)c4)CC3)C(=O)O2)CC1.O=CO. The molecule has 3 aliphatic rings. The first-order valence-electron chi connectivity index (χ1n) is 11.3. The summed E-state index contributed by atoms with van der Waals surface area (Å²) in [5, 5.41) is 6.89. The number of ether oxygens (including phenoxy) is 1. The van der Waals surface area contributed by atoms with Crippen molar-refractivity contribution in [3.05, 3.63) is 34.2 Å². The van der Waals surface area contributed by atoms with Crippen LogP contribution in [0, 0.1) is 11.3 Å². The number of rotatable bonds is 3. The van der Waals surface area contributed by atoms with Crippen LogP contribution in [0.2, 0.25) is 0 Å². The molecule has 1 amide bonds. The molecule has 0 saturated carbocycles. The first kappa shape index (κ1) is 24.0. The number of pyridine rings is 1. The van der Waals surface area contributed by atoms with Gasteiger partial charge in [0.1, 0.15) is 6.10 Å². The summed E-state index contributed by atoms with van der Waals surface area (Å²) >= 11 is 0. The summed E-state index contributed by atoms with van der Waals surface area (Å²) in [6, 6.07) is 2.99. The molecular weight excluding hydrogens is 414 g/mol. The monoisotopic (exact) mass is 447 g/mol. The van der Waals surface area contributed by atoms with Gasteiger partial charge in [-0.05, 0) is 50.8 Å². The van der Waals surface area contributed by atoms with Crippen LogP contribution in [0.4, 0.5) is 0 Å². The summed E-state index contributed by atoms with van der Waals surface area (Å²) in [5.41, 5.74) is -0.0649. The third-order valence-electron chi connectivity index (χ3n) is 7.00. The Labute approximate surface area is 187 Å². The van der Waals surface area contributed by atoms with Crippen molar-refractivity contribution in [2.45, 2.75) is 45.1 Å². The van der Waals surface area contributed by atoms with E-state index in [1.807, 2.05) is 0 Å². The number of likely N-dealkylation sites (tertiary alicyclic amines) is 2. The highest BCUT2D eigenvalue weighted by Gasteiger charge is 2.51. The molecule has 1 aromatic heterocycles. The second kappa shape index (κ2) is 10.3. The summed E-state index contributed by atoms with van der Waals surface area (Å²) in [7, 11) is 1.64. The number of carbonyl (C=O) groups is 3. The number of piperidine rings is 2. The Hall–Kier alpha value is -2.68. The van der Waals surface area contributed by atoms with Crippen LogP contribution >= 0.6 is 0 Å². The molecule has 1 aromatic rings. The maximum Gasteiger partial charge on any atom is 0.312 e. The lowest BCUT2D eigenvalue weighted by Crippen LogP contribution is -2.45. The fourth-order valence-electron chi connectivity index (χ4n) is 4.92. The first-order chi connectivity index (χ1) is 15.3. The fourth-order valence-corrected chi connectivity index (χ4v) is 4.92. The van der Waals surface area contributed by atoms with Gasteiger partial charge in [0, 0.05) is 45.4 Å². The second-order valence-corrected chi connectivity index (χ2v) is 9.26. The number of aromatic nitrogens is 1. The molecule has 3 aliphatic heterocycles. The highest BCUT2D eigenvalue weighted by molar-refractivity contribution is 5.94. The molecule has 1 spiro atoms. The molecule has 3 saturated heterocycles. The summed E-state index contributed by atoms with van der Waals surface area (Å²) < 4.78 is 7.19. The van der Waals surface area contributed by atoms with Gasteiger partial charge in [-0.2, -0.15) is 0 Å². The smallest absolute Gasteiger partial charge is 0.312 e. The zero-order chi connectivity index (χ0) is 23.3. The minimum atomic E-state index is -0.436. The van der Waals surface area contributed by atoms with Gasteiger partial charge in [0.25, 0.3) is 12.4 Å². The van der Waals surface area contributed by atoms with Crippen molar-refractivity contribution >= 4 is 18.3 Å². The van der Waals surface area contributed by atoms with E-state index in [0.29, 0.717) is 31.5 Å². The van der Waals surface area contributed by atoms with Gasteiger partial charge in [-0.25, -0.2) is 0 Å². The Morgan fingerprint density at radius 3 is 2.41 bits per heavy atom. The third kappa shape index (κ3) is 5.38. The number of hydrogen-bond acceptors (Lipinski definition) is 6. The van der Waals surface area contributed by atoms with Crippen molar-refractivity contribution in [2.24, 2.45) is 18.4 Å². The van der Waals surface area contributed by atoms with Gasteiger partial charge in [-0.1, -0.05) is 6.92 Å². The third-order valence-corrected chi connectivity index (χ3v) is 7.00. The lowest BCUT2D eigenvalue weighted by Gasteiger charge is -2.36. The highest BCUT2D eigenvalue weighted by Crippen LogP contribution is 2.43. The van der Waals surface area contributed by atoms with Gasteiger partial charge in [0.15, 0.2) is 0 Å². The molecule has 9 nitrogen and oxygen atoms in total. The Bertz CT molecular complexity index is 882. The largest absolute Gasteiger partial charge is 0.483 e. The van der Waals surface area contributed by atoms with Crippen molar-refractivity contribution < 1.29 is 24.2 Å². The van der Waals surface area contributed by atoms with E-state index in [-0.39, 0.29) is 30.0 Å². The van der Waals surface area contributed by atoms with Gasteiger partial charge in [0.05, 0.1) is 11.0 Å². The van der Waals surface area contributed by atoms with E-state index in [1.54, 1.807) is 24.2 Å². The van der Waals surface area contributed by atoms with E-state index in [2.05, 4.69) is 11.8 Å². The van der Waals surface area contributed by atoms with Crippen LogP contribution in [0.1, 0.15) is 49.4 Å². The van der Waals surface area contributed by atoms with Crippen LogP contribution in [-0.2, 0) is 21.4 Å². The van der Waals surface area contributed by atoms with Gasteiger partial charge in [-0.15, -0.1) is 0 Å². The zero-order valence-corrected chi connectivity index (χ0v) is 18.9. The lowest BCUT2D eigenvalue weighted by molar-refractivity contribution is -0.151. The molecule has 1 atom stereocenters. The Balaban J connectivity index is 0.000000913. The number of nitrogens with zero attached hydrogens (tertiary/aromatic N) is 3. The number of esters is 1. The maximum absolute atomic E-state index is 12.8. The van der Waals surface area contributed by atoms with E-state index in [0.717, 1.165) is 32.0 Å². The number of cyclic esters (lactones) is 1. The number of hydrogen-bond donors (Lipinski definition) is 1. The van der Waals surface area contributed by atoms with E-state index in [4.69, 9.17) is 14.6 Å². The van der Waals surface area contributed by atoms with E-state index >= 15 is 0 Å². The molecule has 176 valence electrons. The van der Waals surface area contributed by atoms with Crippen LogP contribution < -0.4 is 5.56 Å². The topological polar surface area (TPSA) is 109 Å². The van der Waals surface area contributed by atoms with Crippen LogP contribution in [0.15, 0.2) is 23.1 Å². The summed E-state index contributed by atoms with van der Waals surface area (Å²) in [4.78, 5) is 49.6. The molecule has 4 heterocycles. The quantitative estimate of drug-likeness (QED) is 0.550. The predicted octanol–water partition coefficient (Wildman–Crippen LogP) is 1.36. The molecule has 1 N–H and O–H groups in total. The molecular formula is C23H33N3O6. The number of carboxylic acid groups (broad SMARTS) is 1. The van der Waals surface area contributed by atoms with Gasteiger partial charge >= 0.3 is 5.97 Å². The van der Waals surface area contributed by atoms with Crippen LogP contribution in [0.25, 0.3) is 0 Å². The Morgan fingerprint density at radius 1 is 1.19 bits per heavy atom. The number of carbonyl (C=O) groups excluding carboxylic acids is 2. The van der Waals surface area contributed by atoms with Crippen molar-refractivity contribution in [3.8, 4) is 0 Å². The average Bonchev–Trinajstić information content (AvgIpc) is 3.06. The van der Waals surface area contributed by atoms with E-state index in [1.165, 1.54) is 23.5 Å². The van der Waals surface area contributed by atoms with Gasteiger partial charge < -0.3 is 19.3 Å². The Morgan fingerprint density at radius 2 is 1.81 bits per heavy atom. The molecule has 0 aromatic carbocycles. The van der Waals surface area contributed by atoms with Crippen molar-refractivity contribution in [1.29, 1.82) is 0 Å². The lowest BCUT2D eigenvalue weighted by atomic mass is 9.76. The Kier molecular flexibility index (Phi) is 7.71. The van der Waals surface area contributed by atoms with E-state index in [9.17, 15) is 14.4 Å². The van der Waals surface area contributed by atoms with Crippen molar-refractivity contribution in [3.63, 3.8) is 0 Å². The number of amides is 1. The molecule has 32 heavy (non-hydrogen) atoms. The van der Waals surface area contributed by atoms with E-state index < -0.39 is 5.41 Å². The minimum absolute atomic E-state index is 0.0261. The van der Waals surface area contributed by atoms with Crippen molar-refractivity contribution in [1.82, 2.24) is 14.4 Å². The van der Waals surface area contributed by atoms with Crippen LogP contribution in [0.3, 0.4) is 0 Å². The standard InChI is InChI=1S/C22H31N3O4.CH2O2/c1-16-5-9-24(10-6-16)15-18-13-22(21(28)29-18)7-11-25(12-8-22)20(27)17-3-4-19(26)23(2)14-17;2-1-3/h3-4,14,16,18H,5-13,15H2,1-2H3;1H,(H,2,3). The summed E-state index contributed by atoms with van der Waals surface area (Å²) in [6.07, 6.45) is 6.05. The molecule has 0 bridgehead atoms. The fraction of sp³-hybridized carbons (Fsp3) is 0.652. The van der Waals surface area contributed by atoms with Crippen LogP contribution in [-0.4, -0.2) is 76.6 Å².